The van der Waals surface area contributed by atoms with Crippen LogP contribution in [0.25, 0.3) is 0 Å². The molecule has 1 atom stereocenters. The summed E-state index contributed by atoms with van der Waals surface area (Å²) in [6, 6.07) is 5.36. The van der Waals surface area contributed by atoms with Crippen molar-refractivity contribution in [3.63, 3.8) is 0 Å². The van der Waals surface area contributed by atoms with Crippen LogP contribution in [0.15, 0.2) is 18.2 Å². The molecule has 2 rings (SSSR count). The molecule has 0 aromatic heterocycles. The summed E-state index contributed by atoms with van der Waals surface area (Å²) in [5, 5.41) is 0.654. The molecule has 1 fully saturated rings. The maximum Gasteiger partial charge on any atom is 0.152 e. The molecule has 1 saturated heterocycles. The molecular formula is C14H18ClNO2. The zero-order valence-corrected chi connectivity index (χ0v) is 11.3. The smallest absolute Gasteiger partial charge is 0.152 e. The van der Waals surface area contributed by atoms with E-state index in [1.54, 1.807) is 12.1 Å². The first kappa shape index (κ1) is 13.4. The van der Waals surface area contributed by atoms with Gasteiger partial charge in [0.05, 0.1) is 6.10 Å². The zero-order chi connectivity index (χ0) is 13.0. The van der Waals surface area contributed by atoms with Gasteiger partial charge >= 0.3 is 0 Å². The normalized spacial score (nSPS) is 18.9. The van der Waals surface area contributed by atoms with Crippen LogP contribution < -0.4 is 4.90 Å². The number of likely N-dealkylation sites (N-methyl/N-ethyl adjacent to an activating group) is 1. The van der Waals surface area contributed by atoms with E-state index in [-0.39, 0.29) is 6.10 Å². The number of hydrogen-bond donors (Lipinski definition) is 0. The number of halogens is 1. The van der Waals surface area contributed by atoms with Gasteiger partial charge in [-0.2, -0.15) is 0 Å². The summed E-state index contributed by atoms with van der Waals surface area (Å²) in [6.45, 7) is 4.57. The molecule has 1 aromatic carbocycles. The van der Waals surface area contributed by atoms with Crippen LogP contribution in [-0.4, -0.2) is 32.1 Å². The maximum atomic E-state index is 11.1. The van der Waals surface area contributed by atoms with Crippen molar-refractivity contribution in [2.45, 2.75) is 25.9 Å². The Morgan fingerprint density at radius 3 is 3.00 bits per heavy atom. The molecule has 0 spiro atoms. The van der Waals surface area contributed by atoms with E-state index >= 15 is 0 Å². The van der Waals surface area contributed by atoms with Crippen molar-refractivity contribution in [1.82, 2.24) is 0 Å². The molecule has 1 aliphatic heterocycles. The van der Waals surface area contributed by atoms with Crippen LogP contribution in [0.5, 0.6) is 0 Å². The topological polar surface area (TPSA) is 29.5 Å². The molecule has 0 saturated carbocycles. The fraction of sp³-hybridized carbons (Fsp3) is 0.500. The third-order valence-electron chi connectivity index (χ3n) is 3.29. The second-order valence-electron chi connectivity index (χ2n) is 4.49. The van der Waals surface area contributed by atoms with Gasteiger partial charge in [-0.15, -0.1) is 0 Å². The summed E-state index contributed by atoms with van der Waals surface area (Å²) in [7, 11) is 0. The number of carbonyl (C=O) groups excluding carboxylic acids is 1. The highest BCUT2D eigenvalue weighted by Gasteiger charge is 2.20. The molecule has 0 bridgehead atoms. The van der Waals surface area contributed by atoms with Gasteiger partial charge in [-0.25, -0.2) is 0 Å². The maximum absolute atomic E-state index is 11.1. The predicted octanol–water partition coefficient (Wildman–Crippen LogP) is 3.16. The number of ether oxygens (including phenoxy) is 1. The molecule has 0 N–H and O–H groups in total. The van der Waals surface area contributed by atoms with E-state index in [1.807, 2.05) is 6.07 Å². The van der Waals surface area contributed by atoms with Crippen molar-refractivity contribution in [2.24, 2.45) is 0 Å². The molecule has 0 aliphatic carbocycles. The van der Waals surface area contributed by atoms with Crippen LogP contribution in [0, 0.1) is 0 Å². The Kier molecular flexibility index (Phi) is 4.61. The van der Waals surface area contributed by atoms with Gasteiger partial charge in [0.15, 0.2) is 6.29 Å². The molecule has 1 unspecified atom stereocenters. The lowest BCUT2D eigenvalue weighted by Crippen LogP contribution is -2.32. The number of aldehydes is 1. The Morgan fingerprint density at radius 1 is 1.56 bits per heavy atom. The molecule has 4 heteroatoms. The minimum atomic E-state index is 0.267. The molecule has 1 aromatic rings. The summed E-state index contributed by atoms with van der Waals surface area (Å²) in [6.07, 6.45) is 3.36. The summed E-state index contributed by atoms with van der Waals surface area (Å²) >= 11 is 6.02. The highest BCUT2D eigenvalue weighted by Crippen LogP contribution is 2.25. The molecular weight excluding hydrogens is 250 g/mol. The van der Waals surface area contributed by atoms with Crippen molar-refractivity contribution in [3.05, 3.63) is 28.8 Å². The van der Waals surface area contributed by atoms with Crippen molar-refractivity contribution in [1.29, 1.82) is 0 Å². The number of anilines is 1. The Morgan fingerprint density at radius 2 is 2.39 bits per heavy atom. The van der Waals surface area contributed by atoms with E-state index in [0.717, 1.165) is 44.5 Å². The van der Waals surface area contributed by atoms with E-state index in [4.69, 9.17) is 16.3 Å². The standard InChI is InChI=1S/C14H18ClNO2/c1-2-16(9-13-4-3-7-18-13)14-8-12(15)6-5-11(14)10-17/h5-6,8,10,13H,2-4,7,9H2,1H3. The van der Waals surface area contributed by atoms with Gasteiger partial charge in [0.25, 0.3) is 0 Å². The number of benzene rings is 1. The zero-order valence-electron chi connectivity index (χ0n) is 10.6. The number of carbonyl (C=O) groups is 1. The van der Waals surface area contributed by atoms with E-state index in [1.165, 1.54) is 0 Å². The first-order valence-corrected chi connectivity index (χ1v) is 6.73. The van der Waals surface area contributed by atoms with Crippen molar-refractivity contribution >= 4 is 23.6 Å². The average Bonchev–Trinajstić information content (AvgIpc) is 2.88. The lowest BCUT2D eigenvalue weighted by Gasteiger charge is -2.27. The molecule has 0 radical (unpaired) electrons. The van der Waals surface area contributed by atoms with Gasteiger partial charge in [0.1, 0.15) is 0 Å². The van der Waals surface area contributed by atoms with Crippen LogP contribution in [0.3, 0.4) is 0 Å². The second kappa shape index (κ2) is 6.21. The lowest BCUT2D eigenvalue weighted by atomic mass is 10.1. The SMILES string of the molecule is CCN(CC1CCCO1)c1cc(Cl)ccc1C=O. The summed E-state index contributed by atoms with van der Waals surface area (Å²) in [4.78, 5) is 13.3. The highest BCUT2D eigenvalue weighted by atomic mass is 35.5. The van der Waals surface area contributed by atoms with Crippen LogP contribution in [0.2, 0.25) is 5.02 Å². The lowest BCUT2D eigenvalue weighted by molar-refractivity contribution is 0.111. The predicted molar refractivity (Wildman–Crippen MR) is 73.7 cm³/mol. The fourth-order valence-corrected chi connectivity index (χ4v) is 2.49. The molecule has 98 valence electrons. The van der Waals surface area contributed by atoms with Gasteiger partial charge in [-0.1, -0.05) is 11.6 Å². The molecule has 1 heterocycles. The van der Waals surface area contributed by atoms with E-state index in [9.17, 15) is 4.79 Å². The largest absolute Gasteiger partial charge is 0.376 e. The minimum Gasteiger partial charge on any atom is -0.376 e. The number of nitrogens with zero attached hydrogens (tertiary/aromatic N) is 1. The second-order valence-corrected chi connectivity index (χ2v) is 4.93. The van der Waals surface area contributed by atoms with Crippen molar-refractivity contribution in [3.8, 4) is 0 Å². The van der Waals surface area contributed by atoms with Gasteiger partial charge in [-0.05, 0) is 38.0 Å². The summed E-state index contributed by atoms with van der Waals surface area (Å²) < 4.78 is 5.65. The minimum absolute atomic E-state index is 0.267. The van der Waals surface area contributed by atoms with Crippen LogP contribution >= 0.6 is 11.6 Å². The molecule has 0 amide bonds. The molecule has 1 aliphatic rings. The van der Waals surface area contributed by atoms with Crippen LogP contribution in [0.4, 0.5) is 5.69 Å². The fourth-order valence-electron chi connectivity index (χ4n) is 2.32. The van der Waals surface area contributed by atoms with E-state index in [2.05, 4.69) is 11.8 Å². The average molecular weight is 268 g/mol. The van der Waals surface area contributed by atoms with Crippen LogP contribution in [0.1, 0.15) is 30.1 Å². The van der Waals surface area contributed by atoms with E-state index < -0.39 is 0 Å². The third-order valence-corrected chi connectivity index (χ3v) is 3.52. The number of hydrogen-bond acceptors (Lipinski definition) is 3. The molecule has 18 heavy (non-hydrogen) atoms. The third kappa shape index (κ3) is 3.03. The summed E-state index contributed by atoms with van der Waals surface area (Å²) in [5.41, 5.74) is 1.58. The molecule has 3 nitrogen and oxygen atoms in total. The first-order valence-electron chi connectivity index (χ1n) is 6.36. The Labute approximate surface area is 113 Å². The Balaban J connectivity index is 2.19. The highest BCUT2D eigenvalue weighted by molar-refractivity contribution is 6.31. The van der Waals surface area contributed by atoms with Crippen molar-refractivity contribution < 1.29 is 9.53 Å². The first-order chi connectivity index (χ1) is 8.74. The van der Waals surface area contributed by atoms with Crippen molar-refractivity contribution in [2.75, 3.05) is 24.6 Å². The van der Waals surface area contributed by atoms with Gasteiger partial charge < -0.3 is 9.64 Å². The van der Waals surface area contributed by atoms with Crippen LogP contribution in [-0.2, 0) is 4.74 Å². The summed E-state index contributed by atoms with van der Waals surface area (Å²) in [5.74, 6) is 0. The van der Waals surface area contributed by atoms with Gasteiger partial charge in [0.2, 0.25) is 0 Å². The van der Waals surface area contributed by atoms with Gasteiger partial charge in [0, 0.05) is 36.0 Å². The van der Waals surface area contributed by atoms with E-state index in [0.29, 0.717) is 10.6 Å². The van der Waals surface area contributed by atoms with Gasteiger partial charge in [-0.3, -0.25) is 4.79 Å². The Hall–Kier alpha value is -1.06. The monoisotopic (exact) mass is 267 g/mol. The quantitative estimate of drug-likeness (QED) is 0.768. The Bertz CT molecular complexity index is 416. The number of rotatable bonds is 5.